The molecule has 4 nitrogen and oxygen atoms in total. The predicted octanol–water partition coefficient (Wildman–Crippen LogP) is 3.81. The minimum atomic E-state index is 0.410. The van der Waals surface area contributed by atoms with Gasteiger partial charge in [0.25, 0.3) is 0 Å². The van der Waals surface area contributed by atoms with E-state index in [2.05, 4.69) is 45.9 Å². The summed E-state index contributed by atoms with van der Waals surface area (Å²) in [6.45, 7) is 0.815. The van der Waals surface area contributed by atoms with Crippen LogP contribution in [0.3, 0.4) is 0 Å². The van der Waals surface area contributed by atoms with Crippen molar-refractivity contribution >= 4 is 11.8 Å². The van der Waals surface area contributed by atoms with Crippen molar-refractivity contribution in [2.24, 2.45) is 7.05 Å². The van der Waals surface area contributed by atoms with E-state index in [0.29, 0.717) is 6.04 Å². The average Bonchev–Trinajstić information content (AvgIpc) is 3.01. The van der Waals surface area contributed by atoms with Crippen LogP contribution in [0.1, 0.15) is 23.6 Å². The second-order valence-corrected chi connectivity index (χ2v) is 7.16. The van der Waals surface area contributed by atoms with Gasteiger partial charge in [-0.2, -0.15) is 5.10 Å². The zero-order valence-corrected chi connectivity index (χ0v) is 14.5. The van der Waals surface area contributed by atoms with Crippen LogP contribution in [-0.4, -0.2) is 20.5 Å². The molecule has 0 bridgehead atoms. The molecule has 2 aromatic heterocycles. The van der Waals surface area contributed by atoms with Gasteiger partial charge in [-0.05, 0) is 35.9 Å². The van der Waals surface area contributed by atoms with E-state index in [1.807, 2.05) is 48.0 Å². The van der Waals surface area contributed by atoms with E-state index in [1.54, 1.807) is 0 Å². The third-order valence-electron chi connectivity index (χ3n) is 4.36. The van der Waals surface area contributed by atoms with Gasteiger partial charge in [-0.25, -0.2) is 0 Å². The van der Waals surface area contributed by atoms with Crippen LogP contribution in [0, 0.1) is 0 Å². The molecular weight excluding hydrogens is 316 g/mol. The number of nitrogens with zero attached hydrogens (tertiary/aromatic N) is 3. The van der Waals surface area contributed by atoms with Crippen LogP contribution in [0.25, 0.3) is 11.3 Å². The van der Waals surface area contributed by atoms with Crippen LogP contribution >= 0.6 is 11.8 Å². The number of hydrogen-bond acceptors (Lipinski definition) is 4. The maximum Gasteiger partial charge on any atom is 0.0969 e. The summed E-state index contributed by atoms with van der Waals surface area (Å²) in [5.74, 6) is 1.17. The molecular formula is C19H20N4S. The molecule has 0 spiro atoms. The van der Waals surface area contributed by atoms with Crippen LogP contribution in [0.15, 0.2) is 59.9 Å². The summed E-state index contributed by atoms with van der Waals surface area (Å²) in [6, 6.07) is 13.2. The van der Waals surface area contributed by atoms with Gasteiger partial charge >= 0.3 is 0 Å². The number of benzene rings is 1. The summed E-state index contributed by atoms with van der Waals surface area (Å²) < 4.78 is 1.89. The Hall–Kier alpha value is -2.11. The monoisotopic (exact) mass is 336 g/mol. The van der Waals surface area contributed by atoms with Gasteiger partial charge < -0.3 is 5.32 Å². The number of thioether (sulfide) groups is 1. The molecule has 24 heavy (non-hydrogen) atoms. The molecule has 0 saturated heterocycles. The number of aryl methyl sites for hydroxylation is 1. The smallest absolute Gasteiger partial charge is 0.0969 e. The maximum absolute atomic E-state index is 4.63. The first-order valence-corrected chi connectivity index (χ1v) is 9.18. The highest BCUT2D eigenvalue weighted by molar-refractivity contribution is 7.99. The van der Waals surface area contributed by atoms with Gasteiger partial charge in [0.2, 0.25) is 0 Å². The Kier molecular flexibility index (Phi) is 4.36. The third-order valence-corrected chi connectivity index (χ3v) is 5.48. The fourth-order valence-corrected chi connectivity index (χ4v) is 4.33. The minimum Gasteiger partial charge on any atom is -0.306 e. The molecule has 3 aromatic rings. The Labute approximate surface area is 146 Å². The molecule has 1 N–H and O–H groups in total. The summed E-state index contributed by atoms with van der Waals surface area (Å²) in [5, 5.41) is 8.37. The van der Waals surface area contributed by atoms with Gasteiger partial charge in [-0.3, -0.25) is 9.67 Å². The predicted molar refractivity (Wildman–Crippen MR) is 97.8 cm³/mol. The summed E-state index contributed by atoms with van der Waals surface area (Å²) in [4.78, 5) is 5.50. The number of fused-ring (bicyclic) bond motifs is 1. The Morgan fingerprint density at radius 1 is 1.21 bits per heavy atom. The van der Waals surface area contributed by atoms with Crippen molar-refractivity contribution in [3.05, 3.63) is 66.1 Å². The summed E-state index contributed by atoms with van der Waals surface area (Å²) >= 11 is 1.95. The van der Waals surface area contributed by atoms with Crippen LogP contribution in [0.4, 0.5) is 0 Å². The molecule has 3 heterocycles. The highest BCUT2D eigenvalue weighted by Gasteiger charge is 2.20. The number of aromatic nitrogens is 3. The third kappa shape index (κ3) is 3.09. The second-order valence-electron chi connectivity index (χ2n) is 6.02. The maximum atomic E-state index is 4.63. The molecule has 1 aromatic carbocycles. The number of nitrogens with one attached hydrogen (secondary N) is 1. The van der Waals surface area contributed by atoms with Crippen molar-refractivity contribution in [3.63, 3.8) is 0 Å². The standard InChI is InChI=1S/C19H20N4S/c1-23-13-15(19(22-23)14-6-9-20-10-7-14)12-21-17-8-11-24-18-5-3-2-4-16(17)18/h2-7,9-10,13,17,21H,8,11-12H2,1H3/t17-/m0/s1. The Balaban J connectivity index is 1.56. The van der Waals surface area contributed by atoms with Crippen molar-refractivity contribution in [1.82, 2.24) is 20.1 Å². The van der Waals surface area contributed by atoms with Crippen molar-refractivity contribution in [2.75, 3.05) is 5.75 Å². The molecule has 0 fully saturated rings. The molecule has 0 radical (unpaired) electrons. The largest absolute Gasteiger partial charge is 0.306 e. The highest BCUT2D eigenvalue weighted by Crippen LogP contribution is 2.36. The number of rotatable bonds is 4. The van der Waals surface area contributed by atoms with E-state index in [1.165, 1.54) is 21.8 Å². The molecule has 0 unspecified atom stereocenters. The van der Waals surface area contributed by atoms with E-state index in [4.69, 9.17) is 0 Å². The van der Waals surface area contributed by atoms with Gasteiger partial charge in [-0.15, -0.1) is 11.8 Å². The van der Waals surface area contributed by atoms with Gasteiger partial charge in [0.15, 0.2) is 0 Å². The van der Waals surface area contributed by atoms with Crippen LogP contribution in [0.2, 0.25) is 0 Å². The second kappa shape index (κ2) is 6.79. The fraction of sp³-hybridized carbons (Fsp3) is 0.263. The van der Waals surface area contributed by atoms with Crippen LogP contribution < -0.4 is 5.32 Å². The molecule has 0 amide bonds. The SMILES string of the molecule is Cn1cc(CN[C@H]2CCSc3ccccc32)c(-c2ccncc2)n1. The first-order chi connectivity index (χ1) is 11.8. The molecule has 1 aliphatic heterocycles. The van der Waals surface area contributed by atoms with Gasteiger partial charge in [-0.1, -0.05) is 18.2 Å². The lowest BCUT2D eigenvalue weighted by Gasteiger charge is -2.26. The Morgan fingerprint density at radius 3 is 2.92 bits per heavy atom. The van der Waals surface area contributed by atoms with Crippen LogP contribution in [-0.2, 0) is 13.6 Å². The molecule has 0 aliphatic carbocycles. The van der Waals surface area contributed by atoms with E-state index < -0.39 is 0 Å². The average molecular weight is 336 g/mol. The van der Waals surface area contributed by atoms with E-state index >= 15 is 0 Å². The highest BCUT2D eigenvalue weighted by atomic mass is 32.2. The van der Waals surface area contributed by atoms with Crippen molar-refractivity contribution in [1.29, 1.82) is 0 Å². The first-order valence-electron chi connectivity index (χ1n) is 8.19. The number of hydrogen-bond donors (Lipinski definition) is 1. The van der Waals surface area contributed by atoms with Crippen molar-refractivity contribution < 1.29 is 0 Å². The lowest BCUT2D eigenvalue weighted by molar-refractivity contribution is 0.510. The zero-order valence-electron chi connectivity index (χ0n) is 13.6. The van der Waals surface area contributed by atoms with Gasteiger partial charge in [0, 0.05) is 54.2 Å². The lowest BCUT2D eigenvalue weighted by Crippen LogP contribution is -2.24. The quantitative estimate of drug-likeness (QED) is 0.787. The Bertz CT molecular complexity index is 828. The van der Waals surface area contributed by atoms with E-state index in [9.17, 15) is 0 Å². The van der Waals surface area contributed by atoms with Gasteiger partial charge in [0.05, 0.1) is 5.69 Å². The molecule has 0 saturated carbocycles. The van der Waals surface area contributed by atoms with E-state index in [-0.39, 0.29) is 0 Å². The lowest BCUT2D eigenvalue weighted by atomic mass is 10.0. The molecule has 5 heteroatoms. The topological polar surface area (TPSA) is 42.7 Å². The number of pyridine rings is 1. The molecule has 4 rings (SSSR count). The van der Waals surface area contributed by atoms with Crippen LogP contribution in [0.5, 0.6) is 0 Å². The summed E-state index contributed by atoms with van der Waals surface area (Å²) in [6.07, 6.45) is 6.89. The van der Waals surface area contributed by atoms with Crippen molar-refractivity contribution in [2.45, 2.75) is 23.9 Å². The normalized spacial score (nSPS) is 16.8. The summed E-state index contributed by atoms with van der Waals surface area (Å²) in [5.41, 5.74) is 4.79. The van der Waals surface area contributed by atoms with Crippen molar-refractivity contribution in [3.8, 4) is 11.3 Å². The minimum absolute atomic E-state index is 0.410. The molecule has 1 aliphatic rings. The zero-order chi connectivity index (χ0) is 16.4. The van der Waals surface area contributed by atoms with Gasteiger partial charge in [0.1, 0.15) is 0 Å². The summed E-state index contributed by atoms with van der Waals surface area (Å²) in [7, 11) is 1.97. The first kappa shape index (κ1) is 15.4. The molecule has 1 atom stereocenters. The fourth-order valence-electron chi connectivity index (χ4n) is 3.21. The molecule has 122 valence electrons. The van der Waals surface area contributed by atoms with E-state index in [0.717, 1.165) is 24.2 Å². The Morgan fingerprint density at radius 2 is 2.04 bits per heavy atom.